The normalized spacial score (nSPS) is 13.5. The minimum absolute atomic E-state index is 0.343. The van der Waals surface area contributed by atoms with Crippen LogP contribution < -0.4 is 10.2 Å². The minimum Gasteiger partial charge on any atom is -0.449 e. The Morgan fingerprint density at radius 3 is 2.25 bits per heavy atom. The van der Waals surface area contributed by atoms with Gasteiger partial charge in [-0.1, -0.05) is 0 Å². The van der Waals surface area contributed by atoms with Crippen LogP contribution in [0.4, 0.5) is 16.2 Å². The molecule has 1 aromatic carbocycles. The van der Waals surface area contributed by atoms with E-state index >= 15 is 0 Å². The molecular formula is C17H20N2O5. The largest absolute Gasteiger partial charge is 0.449 e. The third kappa shape index (κ3) is 4.92. The molecule has 0 bridgehead atoms. The summed E-state index contributed by atoms with van der Waals surface area (Å²) in [5.74, 6) is -0.762. The second-order valence-corrected chi connectivity index (χ2v) is 5.21. The molecule has 3 amide bonds. The van der Waals surface area contributed by atoms with Crippen molar-refractivity contribution in [3.05, 3.63) is 36.4 Å². The maximum absolute atomic E-state index is 11.7. The lowest BCUT2D eigenvalue weighted by Crippen LogP contribution is -2.29. The monoisotopic (exact) mass is 332 g/mol. The predicted octanol–water partition coefficient (Wildman–Crippen LogP) is 2.48. The molecule has 0 atom stereocenters. The molecular weight excluding hydrogens is 312 g/mol. The highest BCUT2D eigenvalue weighted by Gasteiger charge is 2.24. The van der Waals surface area contributed by atoms with Gasteiger partial charge in [-0.05, 0) is 43.5 Å². The van der Waals surface area contributed by atoms with Gasteiger partial charge in [0.2, 0.25) is 0 Å². The third-order valence-electron chi connectivity index (χ3n) is 3.41. The summed E-state index contributed by atoms with van der Waals surface area (Å²) in [4.78, 5) is 35.9. The van der Waals surface area contributed by atoms with Crippen LogP contribution in [0.2, 0.25) is 0 Å². The zero-order valence-corrected chi connectivity index (χ0v) is 13.5. The van der Waals surface area contributed by atoms with Crippen LogP contribution in [0.25, 0.3) is 0 Å². The van der Waals surface area contributed by atoms with E-state index in [0.717, 1.165) is 24.2 Å². The Morgan fingerprint density at radius 2 is 1.62 bits per heavy atom. The molecule has 0 radical (unpaired) electrons. The molecule has 7 heteroatoms. The van der Waals surface area contributed by atoms with Crippen molar-refractivity contribution in [2.45, 2.75) is 19.3 Å². The Bertz CT molecular complexity index is 606. The summed E-state index contributed by atoms with van der Waals surface area (Å²) in [6, 6.07) is 6.38. The van der Waals surface area contributed by atoms with Crippen molar-refractivity contribution >= 4 is 29.3 Å². The van der Waals surface area contributed by atoms with Gasteiger partial charge in [-0.15, -0.1) is 0 Å². The van der Waals surface area contributed by atoms with Crippen LogP contribution in [0.5, 0.6) is 0 Å². The lowest BCUT2D eigenvalue weighted by atomic mass is 10.2. The van der Waals surface area contributed by atoms with E-state index in [2.05, 4.69) is 5.32 Å². The number of nitrogens with zero attached hydrogens (tertiary/aromatic N) is 1. The zero-order chi connectivity index (χ0) is 17.4. The molecule has 24 heavy (non-hydrogen) atoms. The number of benzene rings is 1. The summed E-state index contributed by atoms with van der Waals surface area (Å²) < 4.78 is 10.0. The molecule has 0 aliphatic carbocycles. The molecule has 128 valence electrons. The maximum atomic E-state index is 11.7. The van der Waals surface area contributed by atoms with Crippen LogP contribution in [-0.2, 0) is 19.1 Å². The van der Waals surface area contributed by atoms with Crippen molar-refractivity contribution in [3.8, 4) is 0 Å². The van der Waals surface area contributed by atoms with Crippen LogP contribution in [-0.4, -0.2) is 38.2 Å². The number of amides is 3. The van der Waals surface area contributed by atoms with Crippen LogP contribution in [0.1, 0.15) is 19.3 Å². The molecule has 0 saturated carbocycles. The molecule has 1 aromatic rings. The number of carbonyl (C=O) groups excluding carboxylic acids is 3. The van der Waals surface area contributed by atoms with Crippen molar-refractivity contribution in [3.63, 3.8) is 0 Å². The number of hydrogen-bond acceptors (Lipinski definition) is 5. The lowest BCUT2D eigenvalue weighted by molar-refractivity contribution is -0.119. The first-order chi connectivity index (χ1) is 11.6. The SMILES string of the molecule is COCCCCCOC(=O)Nc1ccc(N2C(=O)C=CC2=O)cc1. The van der Waals surface area contributed by atoms with E-state index in [4.69, 9.17) is 9.47 Å². The van der Waals surface area contributed by atoms with E-state index in [-0.39, 0.29) is 11.8 Å². The summed E-state index contributed by atoms with van der Waals surface area (Å²) >= 11 is 0. The van der Waals surface area contributed by atoms with Crippen molar-refractivity contribution in [1.82, 2.24) is 0 Å². The fourth-order valence-electron chi connectivity index (χ4n) is 2.19. The highest BCUT2D eigenvalue weighted by Crippen LogP contribution is 2.21. The van der Waals surface area contributed by atoms with Crippen molar-refractivity contribution in [2.24, 2.45) is 0 Å². The first-order valence-corrected chi connectivity index (χ1v) is 7.70. The molecule has 0 aromatic heterocycles. The van der Waals surface area contributed by atoms with E-state index in [9.17, 15) is 14.4 Å². The highest BCUT2D eigenvalue weighted by molar-refractivity contribution is 6.28. The van der Waals surface area contributed by atoms with Crippen molar-refractivity contribution in [2.75, 3.05) is 30.5 Å². The van der Waals surface area contributed by atoms with Crippen molar-refractivity contribution in [1.29, 1.82) is 0 Å². The number of unbranched alkanes of at least 4 members (excludes halogenated alkanes) is 2. The molecule has 0 unspecified atom stereocenters. The smallest absolute Gasteiger partial charge is 0.411 e. The first kappa shape index (κ1) is 17.7. The first-order valence-electron chi connectivity index (χ1n) is 7.70. The Balaban J connectivity index is 1.76. The second-order valence-electron chi connectivity index (χ2n) is 5.21. The van der Waals surface area contributed by atoms with Gasteiger partial charge in [0, 0.05) is 31.6 Å². The summed E-state index contributed by atoms with van der Waals surface area (Å²) in [7, 11) is 1.65. The number of anilines is 2. The fraction of sp³-hybridized carbons (Fsp3) is 0.353. The van der Waals surface area contributed by atoms with E-state index in [0.29, 0.717) is 24.6 Å². The number of methoxy groups -OCH3 is 1. The lowest BCUT2D eigenvalue weighted by Gasteiger charge is -2.14. The minimum atomic E-state index is -0.538. The van der Waals surface area contributed by atoms with E-state index in [1.807, 2.05) is 0 Å². The Morgan fingerprint density at radius 1 is 1.00 bits per heavy atom. The molecule has 1 heterocycles. The predicted molar refractivity (Wildman–Crippen MR) is 88.8 cm³/mol. The summed E-state index contributed by atoms with van der Waals surface area (Å²) in [6.07, 6.45) is 4.55. The third-order valence-corrected chi connectivity index (χ3v) is 3.41. The van der Waals surface area contributed by atoms with Crippen LogP contribution in [0.15, 0.2) is 36.4 Å². The van der Waals surface area contributed by atoms with Gasteiger partial charge in [0.1, 0.15) is 0 Å². The average Bonchev–Trinajstić information content (AvgIpc) is 2.90. The number of imide groups is 1. The summed E-state index contributed by atoms with van der Waals surface area (Å²) in [6.45, 7) is 1.05. The van der Waals surface area contributed by atoms with Gasteiger partial charge in [0.05, 0.1) is 12.3 Å². The molecule has 0 saturated heterocycles. The van der Waals surface area contributed by atoms with Gasteiger partial charge < -0.3 is 9.47 Å². The van der Waals surface area contributed by atoms with Gasteiger partial charge in [-0.2, -0.15) is 0 Å². The highest BCUT2D eigenvalue weighted by atomic mass is 16.5. The van der Waals surface area contributed by atoms with Gasteiger partial charge in [0.15, 0.2) is 0 Å². The molecule has 2 rings (SSSR count). The number of nitrogens with one attached hydrogen (secondary N) is 1. The van der Waals surface area contributed by atoms with Gasteiger partial charge in [-0.3, -0.25) is 14.9 Å². The number of rotatable bonds is 8. The summed E-state index contributed by atoms with van der Waals surface area (Å²) in [5.41, 5.74) is 0.974. The van der Waals surface area contributed by atoms with Crippen LogP contribution >= 0.6 is 0 Å². The van der Waals surface area contributed by atoms with Gasteiger partial charge >= 0.3 is 6.09 Å². The Labute approximate surface area is 140 Å². The average molecular weight is 332 g/mol. The van der Waals surface area contributed by atoms with Crippen molar-refractivity contribution < 1.29 is 23.9 Å². The maximum Gasteiger partial charge on any atom is 0.411 e. The molecule has 1 aliphatic heterocycles. The quantitative estimate of drug-likeness (QED) is 0.584. The summed E-state index contributed by atoms with van der Waals surface area (Å²) in [5, 5.41) is 2.59. The van der Waals surface area contributed by atoms with Crippen LogP contribution in [0.3, 0.4) is 0 Å². The van der Waals surface area contributed by atoms with Crippen LogP contribution in [0, 0.1) is 0 Å². The van der Waals surface area contributed by atoms with Gasteiger partial charge in [0.25, 0.3) is 11.8 Å². The molecule has 0 spiro atoms. The molecule has 1 N–H and O–H groups in total. The Kier molecular flexibility index (Phi) is 6.51. The number of ether oxygens (including phenoxy) is 2. The zero-order valence-electron chi connectivity index (χ0n) is 13.5. The van der Waals surface area contributed by atoms with E-state index in [1.165, 1.54) is 12.2 Å². The molecule has 7 nitrogen and oxygen atoms in total. The number of hydrogen-bond donors (Lipinski definition) is 1. The topological polar surface area (TPSA) is 84.9 Å². The van der Waals surface area contributed by atoms with E-state index < -0.39 is 6.09 Å². The molecule has 1 aliphatic rings. The second kappa shape index (κ2) is 8.83. The fourth-order valence-corrected chi connectivity index (χ4v) is 2.19. The van der Waals surface area contributed by atoms with E-state index in [1.54, 1.807) is 31.4 Å². The Hall–Kier alpha value is -2.67. The molecule has 0 fully saturated rings. The standard InChI is InChI=1S/C17H20N2O5/c1-23-11-3-2-4-12-24-17(22)18-13-5-7-14(8-6-13)19-15(20)9-10-16(19)21/h5-10H,2-4,11-12H2,1H3,(H,18,22). The number of carbonyl (C=O) groups is 3. The van der Waals surface area contributed by atoms with Gasteiger partial charge in [-0.25, -0.2) is 9.69 Å².